The second kappa shape index (κ2) is 10.4. The average molecular weight is 452 g/mol. The minimum absolute atomic E-state index is 0.118. The molecule has 9 heteroatoms. The molecule has 1 saturated heterocycles. The molecule has 33 heavy (non-hydrogen) atoms. The van der Waals surface area contributed by atoms with E-state index in [2.05, 4.69) is 11.9 Å². The Labute approximate surface area is 189 Å². The van der Waals surface area contributed by atoms with Crippen molar-refractivity contribution in [2.75, 3.05) is 18.1 Å². The number of anilines is 1. The van der Waals surface area contributed by atoms with E-state index in [-0.39, 0.29) is 24.5 Å². The number of amides is 4. The van der Waals surface area contributed by atoms with E-state index < -0.39 is 29.6 Å². The van der Waals surface area contributed by atoms with Crippen molar-refractivity contribution >= 4 is 35.6 Å². The molecule has 1 N–H and O–H groups in total. The zero-order chi connectivity index (χ0) is 24.0. The molecule has 0 saturated carbocycles. The Morgan fingerprint density at radius 1 is 1.15 bits per heavy atom. The van der Waals surface area contributed by atoms with Gasteiger partial charge in [-0.05, 0) is 66.9 Å². The number of barbiturate groups is 1. The molecular formula is C24H21FN2O6. The maximum Gasteiger partial charge on any atom is 0.344 e. The van der Waals surface area contributed by atoms with Gasteiger partial charge in [-0.2, -0.15) is 0 Å². The lowest BCUT2D eigenvalue weighted by molar-refractivity contribution is -0.145. The quantitative estimate of drug-likeness (QED) is 0.286. The van der Waals surface area contributed by atoms with E-state index >= 15 is 0 Å². The van der Waals surface area contributed by atoms with E-state index in [1.54, 1.807) is 31.2 Å². The van der Waals surface area contributed by atoms with Crippen LogP contribution in [-0.2, 0) is 25.5 Å². The van der Waals surface area contributed by atoms with Crippen molar-refractivity contribution in [3.05, 3.63) is 77.6 Å². The van der Waals surface area contributed by atoms with E-state index in [1.165, 1.54) is 18.2 Å². The number of hydrogen-bond donors (Lipinski definition) is 1. The van der Waals surface area contributed by atoms with Gasteiger partial charge in [0.2, 0.25) is 0 Å². The molecule has 0 spiro atoms. The van der Waals surface area contributed by atoms with Crippen LogP contribution in [-0.4, -0.2) is 37.0 Å². The van der Waals surface area contributed by atoms with Crippen LogP contribution >= 0.6 is 0 Å². The molecule has 170 valence electrons. The number of imide groups is 2. The summed E-state index contributed by atoms with van der Waals surface area (Å²) in [5, 5.41) is 2.11. The molecule has 8 nitrogen and oxygen atoms in total. The molecule has 2 aromatic rings. The van der Waals surface area contributed by atoms with Crippen LogP contribution in [0.25, 0.3) is 6.08 Å². The lowest BCUT2D eigenvalue weighted by Gasteiger charge is -2.26. The minimum atomic E-state index is -0.927. The summed E-state index contributed by atoms with van der Waals surface area (Å²) in [5.74, 6) is -2.31. The van der Waals surface area contributed by atoms with Crippen LogP contribution in [0, 0.1) is 5.82 Å². The molecule has 0 aliphatic carbocycles. The van der Waals surface area contributed by atoms with E-state index in [1.807, 2.05) is 0 Å². The van der Waals surface area contributed by atoms with E-state index in [4.69, 9.17) is 9.47 Å². The first-order valence-corrected chi connectivity index (χ1v) is 10.0. The standard InChI is InChI=1S/C24H21FN2O6/c1-3-5-16-12-15(6-11-20(16)33-14-21(28)32-4-2)13-19-22(29)26-24(31)27(23(19)30)18-9-7-17(25)8-10-18/h3,6-13H,1,4-5,14H2,2H3,(H,26,29,31)/b19-13+. The third kappa shape index (κ3) is 5.51. The van der Waals surface area contributed by atoms with E-state index in [9.17, 15) is 23.6 Å². The third-order valence-electron chi connectivity index (χ3n) is 4.60. The molecule has 0 atom stereocenters. The lowest BCUT2D eigenvalue weighted by atomic mass is 10.0. The van der Waals surface area contributed by atoms with Crippen molar-refractivity contribution in [1.82, 2.24) is 5.32 Å². The van der Waals surface area contributed by atoms with Gasteiger partial charge in [-0.25, -0.2) is 18.9 Å². The molecular weight excluding hydrogens is 431 g/mol. The number of benzene rings is 2. The summed E-state index contributed by atoms with van der Waals surface area (Å²) >= 11 is 0. The number of hydrogen-bond acceptors (Lipinski definition) is 6. The van der Waals surface area contributed by atoms with E-state index in [0.29, 0.717) is 23.3 Å². The molecule has 0 unspecified atom stereocenters. The van der Waals surface area contributed by atoms with Crippen molar-refractivity contribution in [2.24, 2.45) is 0 Å². The Balaban J connectivity index is 1.90. The topological polar surface area (TPSA) is 102 Å². The fraction of sp³-hybridized carbons (Fsp3) is 0.167. The lowest BCUT2D eigenvalue weighted by Crippen LogP contribution is -2.54. The van der Waals surface area contributed by atoms with Gasteiger partial charge >= 0.3 is 12.0 Å². The monoisotopic (exact) mass is 452 g/mol. The van der Waals surface area contributed by atoms with Crippen molar-refractivity contribution in [3.8, 4) is 5.75 Å². The highest BCUT2D eigenvalue weighted by molar-refractivity contribution is 6.39. The van der Waals surface area contributed by atoms with Crippen LogP contribution < -0.4 is 15.0 Å². The minimum Gasteiger partial charge on any atom is -0.482 e. The van der Waals surface area contributed by atoms with Gasteiger partial charge in [-0.15, -0.1) is 6.58 Å². The normalized spacial score (nSPS) is 14.8. The van der Waals surface area contributed by atoms with Crippen molar-refractivity contribution < 1.29 is 33.0 Å². The van der Waals surface area contributed by atoms with Gasteiger partial charge < -0.3 is 9.47 Å². The Bertz CT molecular complexity index is 1140. The summed E-state index contributed by atoms with van der Waals surface area (Å²) in [7, 11) is 0. The molecule has 1 aliphatic heterocycles. The maximum atomic E-state index is 13.2. The summed E-state index contributed by atoms with van der Waals surface area (Å²) in [6.45, 7) is 5.36. The molecule has 4 amide bonds. The first-order valence-electron chi connectivity index (χ1n) is 10.0. The predicted molar refractivity (Wildman–Crippen MR) is 118 cm³/mol. The number of nitrogens with zero attached hydrogens (tertiary/aromatic N) is 1. The molecule has 1 heterocycles. The average Bonchev–Trinajstić information content (AvgIpc) is 2.77. The van der Waals surface area contributed by atoms with Crippen LogP contribution in [0.5, 0.6) is 5.75 Å². The fourth-order valence-electron chi connectivity index (χ4n) is 3.13. The van der Waals surface area contributed by atoms with Crippen molar-refractivity contribution in [3.63, 3.8) is 0 Å². The van der Waals surface area contributed by atoms with Crippen LogP contribution in [0.1, 0.15) is 18.1 Å². The smallest absolute Gasteiger partial charge is 0.344 e. The number of halogens is 1. The van der Waals surface area contributed by atoms with Gasteiger partial charge in [0.1, 0.15) is 17.1 Å². The highest BCUT2D eigenvalue weighted by Gasteiger charge is 2.36. The summed E-state index contributed by atoms with van der Waals surface area (Å²) in [5.41, 5.74) is 0.997. The Morgan fingerprint density at radius 3 is 2.55 bits per heavy atom. The number of carbonyl (C=O) groups excluding carboxylic acids is 4. The van der Waals surface area contributed by atoms with Crippen LogP contribution in [0.4, 0.5) is 14.9 Å². The molecule has 3 rings (SSSR count). The van der Waals surface area contributed by atoms with E-state index in [0.717, 1.165) is 17.0 Å². The summed E-state index contributed by atoms with van der Waals surface area (Å²) in [6.07, 6.45) is 3.37. The largest absolute Gasteiger partial charge is 0.482 e. The van der Waals surface area contributed by atoms with Gasteiger partial charge in [-0.1, -0.05) is 12.1 Å². The van der Waals surface area contributed by atoms with Crippen molar-refractivity contribution in [2.45, 2.75) is 13.3 Å². The number of esters is 1. The number of carbonyl (C=O) groups is 4. The van der Waals surface area contributed by atoms with Gasteiger partial charge in [0, 0.05) is 0 Å². The number of urea groups is 1. The van der Waals surface area contributed by atoms with Gasteiger partial charge in [0.25, 0.3) is 11.8 Å². The van der Waals surface area contributed by atoms with Gasteiger partial charge in [0.15, 0.2) is 6.61 Å². The molecule has 0 bridgehead atoms. The fourth-order valence-corrected chi connectivity index (χ4v) is 3.13. The SMILES string of the molecule is C=CCc1cc(/C=C2\C(=O)NC(=O)N(c3ccc(F)cc3)C2=O)ccc1OCC(=O)OCC. The first kappa shape index (κ1) is 23.4. The summed E-state index contributed by atoms with van der Waals surface area (Å²) in [6, 6.07) is 8.67. The second-order valence-corrected chi connectivity index (χ2v) is 6.89. The van der Waals surface area contributed by atoms with Gasteiger partial charge in [-0.3, -0.25) is 14.9 Å². The molecule has 0 aromatic heterocycles. The Morgan fingerprint density at radius 2 is 1.88 bits per heavy atom. The van der Waals surface area contributed by atoms with Crippen molar-refractivity contribution in [1.29, 1.82) is 0 Å². The van der Waals surface area contributed by atoms with Gasteiger partial charge in [0.05, 0.1) is 12.3 Å². The highest BCUT2D eigenvalue weighted by atomic mass is 19.1. The van der Waals surface area contributed by atoms with Crippen LogP contribution in [0.2, 0.25) is 0 Å². The predicted octanol–water partition coefficient (Wildman–Crippen LogP) is 3.16. The third-order valence-corrected chi connectivity index (χ3v) is 4.60. The number of allylic oxidation sites excluding steroid dienone is 1. The number of ether oxygens (including phenoxy) is 2. The number of rotatable bonds is 8. The Hall–Kier alpha value is -4.27. The number of nitrogens with one attached hydrogen (secondary N) is 1. The van der Waals surface area contributed by atoms with Crippen LogP contribution in [0.15, 0.2) is 60.7 Å². The maximum absolute atomic E-state index is 13.2. The molecule has 1 aliphatic rings. The zero-order valence-electron chi connectivity index (χ0n) is 17.8. The summed E-state index contributed by atoms with van der Waals surface area (Å²) < 4.78 is 23.6. The molecule has 1 fully saturated rings. The second-order valence-electron chi connectivity index (χ2n) is 6.89. The molecule has 2 aromatic carbocycles. The highest BCUT2D eigenvalue weighted by Crippen LogP contribution is 2.25. The zero-order valence-corrected chi connectivity index (χ0v) is 17.8. The molecule has 0 radical (unpaired) electrons. The first-order chi connectivity index (χ1) is 15.8. The van der Waals surface area contributed by atoms with Crippen LogP contribution in [0.3, 0.4) is 0 Å². The Kier molecular flexibility index (Phi) is 7.34. The summed E-state index contributed by atoms with van der Waals surface area (Å²) in [4.78, 5) is 49.9.